The number of carbonyl (C=O) groups is 2. The first kappa shape index (κ1) is 24.9. The number of ether oxygens (including phenoxy) is 1. The molecule has 2 heterocycles. The highest BCUT2D eigenvalue weighted by Crippen LogP contribution is 2.59. The summed E-state index contributed by atoms with van der Waals surface area (Å²) in [6.07, 6.45) is -21.3. The first-order valence-electron chi connectivity index (χ1n) is 9.47. The van der Waals surface area contributed by atoms with E-state index in [1.807, 2.05) is 0 Å². The molecule has 0 aromatic carbocycles. The number of pyridine rings is 1. The summed E-state index contributed by atoms with van der Waals surface area (Å²) in [6, 6.07) is 2.23. The van der Waals surface area contributed by atoms with Gasteiger partial charge < -0.3 is 15.0 Å². The summed E-state index contributed by atoms with van der Waals surface area (Å²) in [5.41, 5.74) is -2.53. The van der Waals surface area contributed by atoms with Gasteiger partial charge in [0.2, 0.25) is 5.91 Å². The molecule has 0 bridgehead atoms. The molecular weight excluding hydrogens is 477 g/mol. The Balaban J connectivity index is 1.58. The molecule has 15 heteroatoms. The van der Waals surface area contributed by atoms with E-state index in [9.17, 15) is 49.1 Å². The van der Waals surface area contributed by atoms with E-state index >= 15 is 0 Å². The molecule has 2 amide bonds. The van der Waals surface area contributed by atoms with Crippen LogP contribution < -0.4 is 5.32 Å². The SMILES string of the molecule is O=C(Nc1cccnc1C(F)(F)F)[C@H]1CC12CCN(C(=O)OC(C(F)(F)F)C(F)(F)F)CC2. The second-order valence-corrected chi connectivity index (χ2v) is 7.84. The molecule has 6 nitrogen and oxygen atoms in total. The van der Waals surface area contributed by atoms with Gasteiger partial charge >= 0.3 is 24.6 Å². The predicted octanol–water partition coefficient (Wildman–Crippen LogP) is 4.77. The Hall–Kier alpha value is -2.74. The van der Waals surface area contributed by atoms with E-state index < -0.39 is 59.3 Å². The second-order valence-electron chi connectivity index (χ2n) is 7.84. The maximum Gasteiger partial charge on any atom is 0.435 e. The molecule has 1 saturated heterocycles. The lowest BCUT2D eigenvalue weighted by Gasteiger charge is -2.33. The zero-order chi connectivity index (χ0) is 24.8. The molecule has 1 aromatic rings. The van der Waals surface area contributed by atoms with Gasteiger partial charge in [-0.2, -0.15) is 39.5 Å². The van der Waals surface area contributed by atoms with Crippen LogP contribution in [-0.2, 0) is 15.7 Å². The van der Waals surface area contributed by atoms with Crippen molar-refractivity contribution in [1.29, 1.82) is 0 Å². The average Bonchev–Trinajstić information content (AvgIpc) is 3.37. The predicted molar refractivity (Wildman–Crippen MR) is 91.6 cm³/mol. The summed E-state index contributed by atoms with van der Waals surface area (Å²) >= 11 is 0. The number of halogens is 9. The Labute approximate surface area is 180 Å². The van der Waals surface area contributed by atoms with Crippen LogP contribution in [0.1, 0.15) is 25.0 Å². The summed E-state index contributed by atoms with van der Waals surface area (Å²) in [7, 11) is 0. The summed E-state index contributed by atoms with van der Waals surface area (Å²) in [6.45, 7) is -0.544. The molecule has 2 aliphatic rings. The fourth-order valence-electron chi connectivity index (χ4n) is 3.85. The van der Waals surface area contributed by atoms with E-state index in [0.717, 1.165) is 12.3 Å². The van der Waals surface area contributed by atoms with Crippen LogP contribution in [-0.4, -0.2) is 53.4 Å². The molecule has 1 N–H and O–H groups in total. The summed E-state index contributed by atoms with van der Waals surface area (Å²) in [5, 5.41) is 2.17. The average molecular weight is 493 g/mol. The van der Waals surface area contributed by atoms with Crippen molar-refractivity contribution < 1.29 is 53.8 Å². The number of piperidine rings is 1. The lowest BCUT2D eigenvalue weighted by Crippen LogP contribution is -2.49. The second kappa shape index (κ2) is 8.24. The normalized spacial score (nSPS) is 20.7. The molecule has 184 valence electrons. The van der Waals surface area contributed by atoms with Crippen LogP contribution in [0.4, 0.5) is 50.0 Å². The minimum atomic E-state index is -5.84. The highest BCUT2D eigenvalue weighted by Gasteiger charge is 2.62. The summed E-state index contributed by atoms with van der Waals surface area (Å²) in [5.74, 6) is -1.45. The van der Waals surface area contributed by atoms with Gasteiger partial charge in [-0.1, -0.05) is 0 Å². The Kier molecular flexibility index (Phi) is 6.21. The number of aromatic nitrogens is 1. The fraction of sp³-hybridized carbons (Fsp3) is 0.611. The molecular formula is C18H16F9N3O3. The molecule has 1 spiro atoms. The molecule has 33 heavy (non-hydrogen) atoms. The van der Waals surface area contributed by atoms with E-state index in [1.54, 1.807) is 0 Å². The van der Waals surface area contributed by atoms with Crippen molar-refractivity contribution in [1.82, 2.24) is 9.88 Å². The van der Waals surface area contributed by atoms with E-state index in [2.05, 4.69) is 15.0 Å². The molecule has 2 fully saturated rings. The molecule has 1 aliphatic carbocycles. The highest BCUT2D eigenvalue weighted by atomic mass is 19.4. The van der Waals surface area contributed by atoms with Crippen LogP contribution in [0.5, 0.6) is 0 Å². The van der Waals surface area contributed by atoms with E-state index in [1.165, 1.54) is 6.07 Å². The van der Waals surface area contributed by atoms with Gasteiger partial charge in [-0.15, -0.1) is 0 Å². The topological polar surface area (TPSA) is 71.5 Å². The zero-order valence-electron chi connectivity index (χ0n) is 16.4. The van der Waals surface area contributed by atoms with Gasteiger partial charge in [0.15, 0.2) is 5.69 Å². The molecule has 0 radical (unpaired) electrons. The van der Waals surface area contributed by atoms with Gasteiger partial charge in [0, 0.05) is 25.2 Å². The van der Waals surface area contributed by atoms with E-state index in [-0.39, 0.29) is 32.4 Å². The maximum atomic E-state index is 13.0. The van der Waals surface area contributed by atoms with Crippen LogP contribution >= 0.6 is 0 Å². The third kappa shape index (κ3) is 5.43. The van der Waals surface area contributed by atoms with Crippen molar-refractivity contribution in [3.05, 3.63) is 24.0 Å². The van der Waals surface area contributed by atoms with Crippen molar-refractivity contribution in [2.75, 3.05) is 18.4 Å². The van der Waals surface area contributed by atoms with Crippen molar-refractivity contribution in [3.8, 4) is 0 Å². The van der Waals surface area contributed by atoms with Crippen molar-refractivity contribution >= 4 is 17.7 Å². The first-order chi connectivity index (χ1) is 15.0. The van der Waals surface area contributed by atoms with Crippen LogP contribution in [0.25, 0.3) is 0 Å². The fourth-order valence-corrected chi connectivity index (χ4v) is 3.85. The molecule has 3 rings (SSSR count). The minimum absolute atomic E-state index is 0.0576. The number of alkyl halides is 9. The number of hydrogen-bond acceptors (Lipinski definition) is 4. The molecule has 1 atom stereocenters. The smallest absolute Gasteiger partial charge is 0.426 e. The number of anilines is 1. The van der Waals surface area contributed by atoms with Gasteiger partial charge in [0.1, 0.15) is 0 Å². The molecule has 1 aromatic heterocycles. The Morgan fingerprint density at radius 1 is 1.06 bits per heavy atom. The van der Waals surface area contributed by atoms with Crippen LogP contribution in [0.3, 0.4) is 0 Å². The number of hydrogen-bond donors (Lipinski definition) is 1. The van der Waals surface area contributed by atoms with E-state index in [4.69, 9.17) is 0 Å². The quantitative estimate of drug-likeness (QED) is 0.616. The van der Waals surface area contributed by atoms with Gasteiger partial charge in [-0.3, -0.25) is 4.79 Å². The van der Waals surface area contributed by atoms with E-state index in [0.29, 0.717) is 4.90 Å². The number of amides is 2. The third-order valence-electron chi connectivity index (χ3n) is 5.67. The molecule has 1 saturated carbocycles. The van der Waals surface area contributed by atoms with Gasteiger partial charge in [-0.25, -0.2) is 9.78 Å². The Bertz CT molecular complexity index is 892. The zero-order valence-corrected chi connectivity index (χ0v) is 16.4. The Morgan fingerprint density at radius 3 is 2.15 bits per heavy atom. The molecule has 0 unspecified atom stereocenters. The van der Waals surface area contributed by atoms with Crippen LogP contribution in [0.15, 0.2) is 18.3 Å². The minimum Gasteiger partial charge on any atom is -0.426 e. The van der Waals surface area contributed by atoms with Crippen LogP contribution in [0, 0.1) is 11.3 Å². The Morgan fingerprint density at radius 2 is 1.64 bits per heavy atom. The van der Waals surface area contributed by atoms with Gasteiger partial charge in [0.25, 0.3) is 6.10 Å². The summed E-state index contributed by atoms with van der Waals surface area (Å²) < 4.78 is 118. The number of nitrogens with one attached hydrogen (secondary N) is 1. The molecule has 1 aliphatic heterocycles. The highest BCUT2D eigenvalue weighted by molar-refractivity contribution is 5.95. The van der Waals surface area contributed by atoms with Gasteiger partial charge in [0.05, 0.1) is 5.69 Å². The maximum absolute atomic E-state index is 13.0. The number of rotatable bonds is 3. The van der Waals surface area contributed by atoms with Crippen molar-refractivity contribution in [2.24, 2.45) is 11.3 Å². The standard InChI is InChI=1S/C18H16F9N3O3/c19-16(20,21)11-10(2-1-5-28-11)29-12(31)9-8-15(9)3-6-30(7-4-15)14(32)33-13(17(22,23)24)18(25,26)27/h1-2,5,9,13H,3-4,6-8H2,(H,29,31)/t9-/m1/s1. The number of carbonyl (C=O) groups excluding carboxylic acids is 2. The van der Waals surface area contributed by atoms with Crippen molar-refractivity contribution in [2.45, 2.75) is 43.9 Å². The third-order valence-corrected chi connectivity index (χ3v) is 5.67. The lowest BCUT2D eigenvalue weighted by atomic mass is 9.90. The summed E-state index contributed by atoms with van der Waals surface area (Å²) in [4.78, 5) is 28.2. The number of nitrogens with zero attached hydrogens (tertiary/aromatic N) is 2. The largest absolute Gasteiger partial charge is 0.435 e. The monoisotopic (exact) mass is 493 g/mol. The van der Waals surface area contributed by atoms with Crippen LogP contribution in [0.2, 0.25) is 0 Å². The first-order valence-corrected chi connectivity index (χ1v) is 9.47. The van der Waals surface area contributed by atoms with Gasteiger partial charge in [-0.05, 0) is 36.8 Å². The van der Waals surface area contributed by atoms with Crippen molar-refractivity contribution in [3.63, 3.8) is 0 Å². The lowest BCUT2D eigenvalue weighted by molar-refractivity contribution is -0.308. The number of likely N-dealkylation sites (tertiary alicyclic amines) is 1.